The van der Waals surface area contributed by atoms with E-state index in [1.54, 1.807) is 37.3 Å². The molecule has 0 atom stereocenters. The fourth-order valence-corrected chi connectivity index (χ4v) is 3.01. The maximum absolute atomic E-state index is 13.2. The van der Waals surface area contributed by atoms with Crippen molar-refractivity contribution in [3.63, 3.8) is 0 Å². The van der Waals surface area contributed by atoms with Gasteiger partial charge in [-0.1, -0.05) is 30.3 Å². The highest BCUT2D eigenvalue weighted by atomic mass is 16.5. The van der Waals surface area contributed by atoms with E-state index in [2.05, 4.69) is 5.32 Å². The molecule has 0 saturated heterocycles. The average molecular weight is 446 g/mol. The number of carbonyl (C=O) groups is 3. The lowest BCUT2D eigenvalue weighted by molar-refractivity contribution is -0.141. The van der Waals surface area contributed by atoms with E-state index >= 15 is 0 Å². The third-order valence-corrected chi connectivity index (χ3v) is 4.57. The van der Waals surface area contributed by atoms with Gasteiger partial charge in [0.1, 0.15) is 18.8 Å². The van der Waals surface area contributed by atoms with Gasteiger partial charge in [0.15, 0.2) is 0 Å². The fourth-order valence-electron chi connectivity index (χ4n) is 3.01. The summed E-state index contributed by atoms with van der Waals surface area (Å²) in [7, 11) is 1.57. The number of hydrogen-bond acceptors (Lipinski definition) is 6. The molecule has 0 aliphatic rings. The number of amides is 3. The number of nitrogens with one attached hydrogen (secondary N) is 1. The Labute approximate surface area is 188 Å². The summed E-state index contributed by atoms with van der Waals surface area (Å²) in [5.41, 5.74) is 0.963. The van der Waals surface area contributed by atoms with Crippen molar-refractivity contribution in [2.45, 2.75) is 26.4 Å². The van der Waals surface area contributed by atoms with Gasteiger partial charge in [-0.05, 0) is 31.0 Å². The Kier molecular flexibility index (Phi) is 10.8. The van der Waals surface area contributed by atoms with Gasteiger partial charge in [-0.15, -0.1) is 0 Å². The topological polar surface area (TPSA) is 101 Å². The average Bonchev–Trinajstić information content (AvgIpc) is 3.30. The molecule has 3 amide bonds. The summed E-state index contributed by atoms with van der Waals surface area (Å²) in [5.74, 6) is -0.131. The molecule has 2 aromatic rings. The number of benzene rings is 1. The quantitative estimate of drug-likeness (QED) is 0.375. The van der Waals surface area contributed by atoms with E-state index in [4.69, 9.17) is 13.9 Å². The van der Waals surface area contributed by atoms with E-state index in [0.29, 0.717) is 31.9 Å². The highest BCUT2D eigenvalue weighted by Crippen LogP contribution is 2.12. The zero-order valence-electron chi connectivity index (χ0n) is 18.6. The van der Waals surface area contributed by atoms with Crippen LogP contribution >= 0.6 is 0 Å². The number of hydrogen-bond donors (Lipinski definition) is 1. The number of carbonyl (C=O) groups excluding carboxylic acids is 3. The van der Waals surface area contributed by atoms with Gasteiger partial charge in [0.2, 0.25) is 5.91 Å². The first-order valence-electron chi connectivity index (χ1n) is 10.5. The maximum Gasteiger partial charge on any atom is 0.325 e. The van der Waals surface area contributed by atoms with E-state index in [9.17, 15) is 14.4 Å². The molecule has 1 heterocycles. The second kappa shape index (κ2) is 13.9. The van der Waals surface area contributed by atoms with Crippen LogP contribution in [0.5, 0.6) is 0 Å². The van der Waals surface area contributed by atoms with Crippen LogP contribution < -0.4 is 5.32 Å². The lowest BCUT2D eigenvalue weighted by Gasteiger charge is -2.27. The number of methoxy groups -OCH3 is 1. The van der Waals surface area contributed by atoms with Crippen LogP contribution in [-0.4, -0.2) is 67.7 Å². The Morgan fingerprint density at radius 3 is 2.47 bits per heavy atom. The lowest BCUT2D eigenvalue weighted by atomic mass is 10.2. The predicted octanol–water partition coefficient (Wildman–Crippen LogP) is 2.42. The SMILES string of the molecule is CCOC(=O)CNC(=O)N(CCCOC)CC(=O)N(Cc1ccccc1)Cc1ccco1. The van der Waals surface area contributed by atoms with Crippen LogP contribution in [0, 0.1) is 0 Å². The molecule has 0 spiro atoms. The molecule has 32 heavy (non-hydrogen) atoms. The van der Waals surface area contributed by atoms with Crippen LogP contribution in [-0.2, 0) is 32.2 Å². The minimum atomic E-state index is -0.535. The molecule has 0 radical (unpaired) electrons. The number of urea groups is 1. The molecule has 0 bridgehead atoms. The van der Waals surface area contributed by atoms with Gasteiger partial charge in [0.25, 0.3) is 0 Å². The first-order valence-corrected chi connectivity index (χ1v) is 10.5. The molecule has 0 saturated carbocycles. The van der Waals surface area contributed by atoms with Crippen LogP contribution in [0.15, 0.2) is 53.1 Å². The first-order chi connectivity index (χ1) is 15.5. The van der Waals surface area contributed by atoms with E-state index in [0.717, 1.165) is 5.56 Å². The molecule has 174 valence electrons. The van der Waals surface area contributed by atoms with Crippen molar-refractivity contribution in [3.8, 4) is 0 Å². The number of ether oxygens (including phenoxy) is 2. The summed E-state index contributed by atoms with van der Waals surface area (Å²) in [4.78, 5) is 40.4. The third kappa shape index (κ3) is 8.81. The predicted molar refractivity (Wildman–Crippen MR) is 118 cm³/mol. The highest BCUT2D eigenvalue weighted by molar-refractivity contribution is 5.86. The van der Waals surface area contributed by atoms with Crippen molar-refractivity contribution in [1.82, 2.24) is 15.1 Å². The second-order valence-electron chi connectivity index (χ2n) is 7.05. The highest BCUT2D eigenvalue weighted by Gasteiger charge is 2.23. The van der Waals surface area contributed by atoms with Crippen molar-refractivity contribution in [3.05, 3.63) is 60.1 Å². The maximum atomic E-state index is 13.2. The summed E-state index contributed by atoms with van der Waals surface area (Å²) in [6.07, 6.45) is 2.11. The van der Waals surface area contributed by atoms with Crippen LogP contribution in [0.1, 0.15) is 24.7 Å². The smallest absolute Gasteiger partial charge is 0.325 e. The Morgan fingerprint density at radius 1 is 1.03 bits per heavy atom. The van der Waals surface area contributed by atoms with Crippen molar-refractivity contribution < 1.29 is 28.3 Å². The summed E-state index contributed by atoms with van der Waals surface area (Å²) in [6.45, 7) is 2.90. The number of furan rings is 1. The summed E-state index contributed by atoms with van der Waals surface area (Å²) < 4.78 is 15.3. The zero-order chi connectivity index (χ0) is 23.2. The minimum Gasteiger partial charge on any atom is -0.467 e. The second-order valence-corrected chi connectivity index (χ2v) is 7.05. The molecule has 0 aliphatic heterocycles. The van der Waals surface area contributed by atoms with Crippen molar-refractivity contribution >= 4 is 17.9 Å². The largest absolute Gasteiger partial charge is 0.467 e. The molecule has 1 aromatic heterocycles. The number of rotatable bonds is 13. The number of nitrogens with zero attached hydrogens (tertiary/aromatic N) is 2. The summed E-state index contributed by atoms with van der Waals surface area (Å²) >= 11 is 0. The van der Waals surface area contributed by atoms with Gasteiger partial charge >= 0.3 is 12.0 Å². The lowest BCUT2D eigenvalue weighted by Crippen LogP contribution is -2.48. The Morgan fingerprint density at radius 2 is 1.81 bits per heavy atom. The Balaban J connectivity index is 2.08. The molecule has 1 aromatic carbocycles. The van der Waals surface area contributed by atoms with Gasteiger partial charge in [-0.2, -0.15) is 0 Å². The molecule has 0 fully saturated rings. The zero-order valence-corrected chi connectivity index (χ0v) is 18.6. The van der Waals surface area contributed by atoms with Gasteiger partial charge < -0.3 is 29.0 Å². The molecule has 1 N–H and O–H groups in total. The third-order valence-electron chi connectivity index (χ3n) is 4.57. The molecule has 9 heteroatoms. The minimum absolute atomic E-state index is 0.147. The van der Waals surface area contributed by atoms with Gasteiger partial charge in [0.05, 0.1) is 19.4 Å². The van der Waals surface area contributed by atoms with E-state index < -0.39 is 12.0 Å². The van der Waals surface area contributed by atoms with Gasteiger partial charge in [-0.3, -0.25) is 9.59 Å². The van der Waals surface area contributed by atoms with Gasteiger partial charge in [0, 0.05) is 26.8 Å². The van der Waals surface area contributed by atoms with Crippen LogP contribution in [0.4, 0.5) is 4.79 Å². The van der Waals surface area contributed by atoms with Crippen molar-refractivity contribution in [1.29, 1.82) is 0 Å². The molecular weight excluding hydrogens is 414 g/mol. The van der Waals surface area contributed by atoms with Crippen LogP contribution in [0.25, 0.3) is 0 Å². The van der Waals surface area contributed by atoms with Crippen LogP contribution in [0.3, 0.4) is 0 Å². The van der Waals surface area contributed by atoms with E-state index in [-0.39, 0.29) is 32.1 Å². The van der Waals surface area contributed by atoms with Gasteiger partial charge in [-0.25, -0.2) is 4.79 Å². The molecular formula is C23H31N3O6. The Bertz CT molecular complexity index is 826. The van der Waals surface area contributed by atoms with Crippen molar-refractivity contribution in [2.24, 2.45) is 0 Å². The fraction of sp³-hybridized carbons (Fsp3) is 0.435. The van der Waals surface area contributed by atoms with Crippen molar-refractivity contribution in [2.75, 3.05) is 40.0 Å². The molecule has 2 rings (SSSR count). The molecule has 0 aliphatic carbocycles. The summed E-state index contributed by atoms with van der Waals surface area (Å²) in [5, 5.41) is 2.52. The summed E-state index contributed by atoms with van der Waals surface area (Å²) in [6, 6.07) is 12.6. The van der Waals surface area contributed by atoms with E-state index in [1.807, 2.05) is 30.3 Å². The Hall–Kier alpha value is -3.33. The molecule has 9 nitrogen and oxygen atoms in total. The first kappa shape index (κ1) is 24.9. The normalized spacial score (nSPS) is 10.4. The monoisotopic (exact) mass is 445 g/mol. The van der Waals surface area contributed by atoms with Crippen LogP contribution in [0.2, 0.25) is 0 Å². The standard InChI is InChI=1S/C23H31N3O6/c1-3-31-22(28)15-24-23(29)25(12-8-13-30-2)18-21(27)26(17-20-11-7-14-32-20)16-19-9-5-4-6-10-19/h4-7,9-11,14H,3,8,12-13,15-18H2,1-2H3,(H,24,29). The number of esters is 1. The van der Waals surface area contributed by atoms with E-state index in [1.165, 1.54) is 4.90 Å². The molecule has 0 unspecified atom stereocenters.